The van der Waals surface area contributed by atoms with Crippen LogP contribution < -0.4 is 10.6 Å². The van der Waals surface area contributed by atoms with Gasteiger partial charge in [0.1, 0.15) is 0 Å². The van der Waals surface area contributed by atoms with E-state index >= 15 is 0 Å². The zero-order chi connectivity index (χ0) is 25.5. The Hall–Kier alpha value is -3.10. The average Bonchev–Trinajstić information content (AvgIpc) is 3.20. The summed E-state index contributed by atoms with van der Waals surface area (Å²) < 4.78 is 1.88. The Bertz CT molecular complexity index is 1220. The fourth-order valence-corrected chi connectivity index (χ4v) is 4.49. The minimum atomic E-state index is -0.413. The van der Waals surface area contributed by atoms with Gasteiger partial charge in [0.15, 0.2) is 11.0 Å². The minimum Gasteiger partial charge on any atom is -0.342 e. The molecule has 2 N–H and O–H groups in total. The minimum absolute atomic E-state index is 0.0275. The number of nitrogens with one attached hydrogen (secondary N) is 2. The van der Waals surface area contributed by atoms with Crippen LogP contribution in [-0.2, 0) is 11.3 Å². The van der Waals surface area contributed by atoms with E-state index in [9.17, 15) is 9.59 Å². The van der Waals surface area contributed by atoms with Crippen molar-refractivity contribution in [3.05, 3.63) is 82.7 Å². The zero-order valence-corrected chi connectivity index (χ0v) is 21.9. The highest BCUT2D eigenvalue weighted by atomic mass is 35.5. The SMILES string of the molecule is C=CCn1c(SCC(=O)Nc2cc(C)ccc2C)nnc1C(NC(=O)c1ccccc1Cl)C(C)C. The van der Waals surface area contributed by atoms with Crippen LogP contribution in [-0.4, -0.2) is 32.3 Å². The maximum Gasteiger partial charge on any atom is 0.253 e. The summed E-state index contributed by atoms with van der Waals surface area (Å²) in [5, 5.41) is 15.7. The van der Waals surface area contributed by atoms with Crippen molar-refractivity contribution in [1.82, 2.24) is 20.1 Å². The lowest BCUT2D eigenvalue weighted by Gasteiger charge is -2.23. The van der Waals surface area contributed by atoms with Crippen molar-refractivity contribution in [2.24, 2.45) is 5.92 Å². The number of amides is 2. The number of carbonyl (C=O) groups excluding carboxylic acids is 2. The van der Waals surface area contributed by atoms with Gasteiger partial charge in [0.25, 0.3) is 5.91 Å². The second-order valence-corrected chi connectivity index (χ2v) is 9.92. The lowest BCUT2D eigenvalue weighted by molar-refractivity contribution is -0.113. The van der Waals surface area contributed by atoms with Crippen LogP contribution in [0.1, 0.15) is 47.2 Å². The van der Waals surface area contributed by atoms with Crippen LogP contribution in [0.5, 0.6) is 0 Å². The molecule has 0 spiro atoms. The van der Waals surface area contributed by atoms with Crippen molar-refractivity contribution >= 4 is 40.9 Å². The number of benzene rings is 2. The summed E-state index contributed by atoms with van der Waals surface area (Å²) in [6, 6.07) is 12.4. The molecule has 0 fully saturated rings. The van der Waals surface area contributed by atoms with E-state index in [4.69, 9.17) is 11.6 Å². The van der Waals surface area contributed by atoms with Crippen LogP contribution in [0.3, 0.4) is 0 Å². The first-order chi connectivity index (χ1) is 16.7. The topological polar surface area (TPSA) is 88.9 Å². The maximum absolute atomic E-state index is 12.9. The molecule has 0 saturated carbocycles. The number of halogens is 1. The van der Waals surface area contributed by atoms with Crippen molar-refractivity contribution < 1.29 is 9.59 Å². The molecule has 0 aliphatic rings. The summed E-state index contributed by atoms with van der Waals surface area (Å²) >= 11 is 7.50. The lowest BCUT2D eigenvalue weighted by atomic mass is 10.0. The van der Waals surface area contributed by atoms with Crippen LogP contribution in [0.15, 0.2) is 60.3 Å². The van der Waals surface area contributed by atoms with Gasteiger partial charge < -0.3 is 15.2 Å². The Labute approximate surface area is 215 Å². The highest BCUT2D eigenvalue weighted by Crippen LogP contribution is 2.27. The lowest BCUT2D eigenvalue weighted by Crippen LogP contribution is -2.34. The molecule has 3 aromatic rings. The summed E-state index contributed by atoms with van der Waals surface area (Å²) in [5.74, 6) is 0.369. The number of aromatic nitrogens is 3. The first kappa shape index (κ1) is 26.5. The van der Waals surface area contributed by atoms with Crippen molar-refractivity contribution in [2.45, 2.75) is 45.4 Å². The monoisotopic (exact) mass is 511 g/mol. The summed E-state index contributed by atoms with van der Waals surface area (Å²) in [6.07, 6.45) is 1.74. The highest BCUT2D eigenvalue weighted by Gasteiger charge is 2.27. The second-order valence-electron chi connectivity index (χ2n) is 8.57. The predicted octanol–water partition coefficient (Wildman–Crippen LogP) is 5.59. The summed E-state index contributed by atoms with van der Waals surface area (Å²) in [4.78, 5) is 25.6. The Morgan fingerprint density at radius 2 is 1.91 bits per heavy atom. The van der Waals surface area contributed by atoms with E-state index in [0.29, 0.717) is 28.1 Å². The van der Waals surface area contributed by atoms with Crippen molar-refractivity contribution in [3.63, 3.8) is 0 Å². The van der Waals surface area contributed by atoms with E-state index in [1.54, 1.807) is 30.3 Å². The average molecular weight is 512 g/mol. The second kappa shape index (κ2) is 12.0. The van der Waals surface area contributed by atoms with Gasteiger partial charge in [-0.15, -0.1) is 16.8 Å². The molecule has 1 unspecified atom stereocenters. The number of aryl methyl sites for hydroxylation is 2. The molecule has 1 aromatic heterocycles. The van der Waals surface area contributed by atoms with E-state index in [1.165, 1.54) is 11.8 Å². The third-order valence-corrected chi connectivity index (χ3v) is 6.70. The highest BCUT2D eigenvalue weighted by molar-refractivity contribution is 7.99. The molecule has 3 rings (SSSR count). The van der Waals surface area contributed by atoms with Gasteiger partial charge in [0, 0.05) is 12.2 Å². The van der Waals surface area contributed by atoms with Gasteiger partial charge in [-0.1, -0.05) is 67.6 Å². The molecule has 2 amide bonds. The number of hydrogen-bond acceptors (Lipinski definition) is 5. The quantitative estimate of drug-likeness (QED) is 0.273. The molecule has 0 saturated heterocycles. The largest absolute Gasteiger partial charge is 0.342 e. The summed E-state index contributed by atoms with van der Waals surface area (Å²) in [5.41, 5.74) is 3.27. The van der Waals surface area contributed by atoms with E-state index in [2.05, 4.69) is 27.4 Å². The number of anilines is 1. The molecule has 9 heteroatoms. The Morgan fingerprint density at radius 1 is 1.17 bits per heavy atom. The first-order valence-electron chi connectivity index (χ1n) is 11.3. The summed E-state index contributed by atoms with van der Waals surface area (Å²) in [7, 11) is 0. The van der Waals surface area contributed by atoms with Crippen LogP contribution in [0.2, 0.25) is 5.02 Å². The number of carbonyl (C=O) groups is 2. The zero-order valence-electron chi connectivity index (χ0n) is 20.3. The molecule has 0 aliphatic carbocycles. The number of hydrogen-bond donors (Lipinski definition) is 2. The van der Waals surface area contributed by atoms with Crippen LogP contribution >= 0.6 is 23.4 Å². The molecule has 7 nitrogen and oxygen atoms in total. The van der Waals surface area contributed by atoms with Gasteiger partial charge in [0.05, 0.1) is 22.4 Å². The Balaban J connectivity index is 1.77. The first-order valence-corrected chi connectivity index (χ1v) is 12.7. The summed E-state index contributed by atoms with van der Waals surface area (Å²) in [6.45, 7) is 12.2. The van der Waals surface area contributed by atoms with Gasteiger partial charge in [0.2, 0.25) is 5.91 Å². The van der Waals surface area contributed by atoms with Crippen molar-refractivity contribution in [3.8, 4) is 0 Å². The Morgan fingerprint density at radius 3 is 2.60 bits per heavy atom. The van der Waals surface area contributed by atoms with Crippen LogP contribution in [0, 0.1) is 19.8 Å². The standard InChI is InChI=1S/C26H30ClN5O2S/c1-6-13-32-24(23(16(2)3)29-25(34)19-9-7-8-10-20(19)27)30-31-26(32)35-15-22(33)28-21-14-17(4)11-12-18(21)5/h6-12,14,16,23H,1,13,15H2,2-5H3,(H,28,33)(H,29,34). The van der Waals surface area contributed by atoms with E-state index in [0.717, 1.165) is 16.8 Å². The molecular formula is C26H30ClN5O2S. The molecule has 1 atom stereocenters. The van der Waals surface area contributed by atoms with E-state index in [-0.39, 0.29) is 23.5 Å². The molecule has 0 bridgehead atoms. The van der Waals surface area contributed by atoms with Crippen molar-refractivity contribution in [2.75, 3.05) is 11.1 Å². The number of nitrogens with zero attached hydrogens (tertiary/aromatic N) is 3. The predicted molar refractivity (Wildman–Crippen MR) is 142 cm³/mol. The van der Waals surface area contributed by atoms with E-state index in [1.807, 2.05) is 50.5 Å². The number of thioether (sulfide) groups is 1. The Kier molecular flexibility index (Phi) is 9.12. The molecule has 0 radical (unpaired) electrons. The van der Waals surface area contributed by atoms with Crippen molar-refractivity contribution in [1.29, 1.82) is 0 Å². The smallest absolute Gasteiger partial charge is 0.253 e. The van der Waals surface area contributed by atoms with Gasteiger partial charge in [-0.2, -0.15) is 0 Å². The molecule has 1 heterocycles. The van der Waals surface area contributed by atoms with Crippen LogP contribution in [0.25, 0.3) is 0 Å². The van der Waals surface area contributed by atoms with Gasteiger partial charge in [-0.05, 0) is 49.1 Å². The van der Waals surface area contributed by atoms with Gasteiger partial charge in [-0.25, -0.2) is 0 Å². The fraction of sp³-hybridized carbons (Fsp3) is 0.308. The fourth-order valence-electron chi connectivity index (χ4n) is 3.52. The molecule has 2 aromatic carbocycles. The molecule has 0 aliphatic heterocycles. The van der Waals surface area contributed by atoms with Crippen LogP contribution in [0.4, 0.5) is 5.69 Å². The third kappa shape index (κ3) is 6.74. The molecule has 35 heavy (non-hydrogen) atoms. The maximum atomic E-state index is 12.9. The molecular weight excluding hydrogens is 482 g/mol. The number of allylic oxidation sites excluding steroid dienone is 1. The normalized spacial score (nSPS) is 11.8. The number of rotatable bonds is 10. The third-order valence-electron chi connectivity index (χ3n) is 5.41. The van der Waals surface area contributed by atoms with Gasteiger partial charge >= 0.3 is 0 Å². The van der Waals surface area contributed by atoms with Gasteiger partial charge in [-0.3, -0.25) is 9.59 Å². The van der Waals surface area contributed by atoms with E-state index < -0.39 is 6.04 Å². The molecule has 184 valence electrons.